The topological polar surface area (TPSA) is 84.9 Å². The van der Waals surface area contributed by atoms with Gasteiger partial charge in [-0.3, -0.25) is 9.69 Å². The maximum absolute atomic E-state index is 13.1. The smallest absolute Gasteiger partial charge is 0.238 e. The van der Waals surface area contributed by atoms with Crippen LogP contribution in [0.1, 0.15) is 17.5 Å². The average Bonchev–Trinajstić information content (AvgIpc) is 3.21. The lowest BCUT2D eigenvalue weighted by Crippen LogP contribution is -2.41. The lowest BCUT2D eigenvalue weighted by Gasteiger charge is -2.27. The number of aryl methyl sites for hydroxylation is 1. The Kier molecular flexibility index (Phi) is 7.73. The predicted molar refractivity (Wildman–Crippen MR) is 137 cm³/mol. The van der Waals surface area contributed by atoms with Gasteiger partial charge < -0.3 is 14.8 Å². The highest BCUT2D eigenvalue weighted by Gasteiger charge is 2.33. The second kappa shape index (κ2) is 10.9. The Hall–Kier alpha value is -3.36. The highest BCUT2D eigenvalue weighted by molar-refractivity contribution is 7.91. The summed E-state index contributed by atoms with van der Waals surface area (Å²) in [6.45, 7) is 2.52. The molecule has 8 heteroatoms. The van der Waals surface area contributed by atoms with E-state index in [1.807, 2.05) is 72.5 Å². The molecule has 3 aromatic rings. The van der Waals surface area contributed by atoms with E-state index in [4.69, 9.17) is 9.47 Å². The quantitative estimate of drug-likeness (QED) is 0.474. The van der Waals surface area contributed by atoms with Crippen LogP contribution >= 0.6 is 0 Å². The van der Waals surface area contributed by atoms with Crippen LogP contribution in [0.2, 0.25) is 0 Å². The van der Waals surface area contributed by atoms with Crippen molar-refractivity contribution in [2.24, 2.45) is 0 Å². The van der Waals surface area contributed by atoms with Crippen LogP contribution in [0, 0.1) is 6.92 Å². The van der Waals surface area contributed by atoms with Crippen LogP contribution in [0.25, 0.3) is 0 Å². The predicted octanol–water partition coefficient (Wildman–Crippen LogP) is 4.42. The van der Waals surface area contributed by atoms with E-state index in [2.05, 4.69) is 5.32 Å². The van der Waals surface area contributed by atoms with Gasteiger partial charge in [-0.1, -0.05) is 42.0 Å². The summed E-state index contributed by atoms with van der Waals surface area (Å²) in [5.41, 5.74) is 2.66. The molecule has 0 spiro atoms. The van der Waals surface area contributed by atoms with Crippen molar-refractivity contribution >= 4 is 21.4 Å². The van der Waals surface area contributed by atoms with E-state index in [1.165, 1.54) is 0 Å². The molecule has 184 valence electrons. The molecule has 1 unspecified atom stereocenters. The molecule has 0 radical (unpaired) electrons. The number of rotatable bonds is 9. The zero-order chi connectivity index (χ0) is 24.8. The van der Waals surface area contributed by atoms with E-state index in [1.54, 1.807) is 19.2 Å². The van der Waals surface area contributed by atoms with Gasteiger partial charge in [0.25, 0.3) is 0 Å². The molecule has 0 aromatic heterocycles. The Morgan fingerprint density at radius 2 is 1.69 bits per heavy atom. The number of ether oxygens (including phenoxy) is 2. The number of benzene rings is 3. The molecule has 1 atom stereocenters. The molecule has 35 heavy (non-hydrogen) atoms. The first-order chi connectivity index (χ1) is 16.8. The first kappa shape index (κ1) is 24.8. The van der Waals surface area contributed by atoms with Crippen LogP contribution in [-0.2, 0) is 21.2 Å². The van der Waals surface area contributed by atoms with Gasteiger partial charge in [0.1, 0.15) is 11.5 Å². The molecule has 1 amide bonds. The fraction of sp³-hybridized carbons (Fsp3) is 0.296. The van der Waals surface area contributed by atoms with Gasteiger partial charge in [0.05, 0.1) is 30.8 Å². The van der Waals surface area contributed by atoms with Crippen LogP contribution in [0.15, 0.2) is 72.8 Å². The van der Waals surface area contributed by atoms with Gasteiger partial charge in [-0.2, -0.15) is 0 Å². The lowest BCUT2D eigenvalue weighted by atomic mass is 10.1. The van der Waals surface area contributed by atoms with Gasteiger partial charge in [0.2, 0.25) is 5.91 Å². The number of nitrogens with zero attached hydrogens (tertiary/aromatic N) is 1. The second-order valence-electron chi connectivity index (χ2n) is 8.77. The largest absolute Gasteiger partial charge is 0.497 e. The number of methoxy groups -OCH3 is 1. The maximum atomic E-state index is 13.1. The Labute approximate surface area is 206 Å². The molecule has 7 nitrogen and oxygen atoms in total. The van der Waals surface area contributed by atoms with Crippen molar-refractivity contribution in [2.45, 2.75) is 25.9 Å². The van der Waals surface area contributed by atoms with Crippen molar-refractivity contribution < 1.29 is 22.7 Å². The summed E-state index contributed by atoms with van der Waals surface area (Å²) in [4.78, 5) is 15.0. The molecular weight excluding hydrogens is 464 g/mol. The summed E-state index contributed by atoms with van der Waals surface area (Å²) >= 11 is 0. The van der Waals surface area contributed by atoms with Crippen LogP contribution < -0.4 is 14.8 Å². The van der Waals surface area contributed by atoms with Crippen LogP contribution in [0.5, 0.6) is 17.2 Å². The number of sulfone groups is 1. The summed E-state index contributed by atoms with van der Waals surface area (Å²) in [6.07, 6.45) is 0.513. The molecule has 0 bridgehead atoms. The minimum Gasteiger partial charge on any atom is -0.497 e. The lowest BCUT2D eigenvalue weighted by molar-refractivity contribution is -0.117. The third-order valence-corrected chi connectivity index (χ3v) is 7.78. The van der Waals surface area contributed by atoms with E-state index in [0.717, 1.165) is 16.9 Å². The molecule has 1 fully saturated rings. The van der Waals surface area contributed by atoms with Gasteiger partial charge in [-0.25, -0.2) is 8.42 Å². The van der Waals surface area contributed by atoms with Crippen molar-refractivity contribution in [3.05, 3.63) is 83.9 Å². The Morgan fingerprint density at radius 3 is 2.34 bits per heavy atom. The van der Waals surface area contributed by atoms with E-state index in [-0.39, 0.29) is 30.0 Å². The molecular formula is C27H30N2O5S. The fourth-order valence-corrected chi connectivity index (χ4v) is 5.87. The summed E-state index contributed by atoms with van der Waals surface area (Å²) in [5, 5.41) is 2.95. The summed E-state index contributed by atoms with van der Waals surface area (Å²) in [7, 11) is -1.49. The highest BCUT2D eigenvalue weighted by atomic mass is 32.2. The number of amides is 1. The normalized spacial score (nSPS) is 16.7. The molecule has 1 N–H and O–H groups in total. The van der Waals surface area contributed by atoms with Crippen molar-refractivity contribution in [1.29, 1.82) is 0 Å². The van der Waals surface area contributed by atoms with E-state index in [0.29, 0.717) is 30.2 Å². The Bertz CT molecular complexity index is 1260. The second-order valence-corrected chi connectivity index (χ2v) is 11.0. The van der Waals surface area contributed by atoms with Crippen molar-refractivity contribution in [3.8, 4) is 17.2 Å². The molecule has 1 heterocycles. The van der Waals surface area contributed by atoms with Crippen molar-refractivity contribution in [1.82, 2.24) is 4.90 Å². The van der Waals surface area contributed by atoms with Crippen molar-refractivity contribution in [3.63, 3.8) is 0 Å². The number of hydrogen-bond donors (Lipinski definition) is 1. The molecule has 1 aliphatic heterocycles. The maximum Gasteiger partial charge on any atom is 0.238 e. The minimum absolute atomic E-state index is 0.0591. The number of carbonyl (C=O) groups is 1. The summed E-state index contributed by atoms with van der Waals surface area (Å²) in [6, 6.07) is 22.3. The number of para-hydroxylation sites is 2. The SMILES string of the molecule is COc1ccc(CN(CC(=O)Nc2ccccc2Oc2ccc(C)cc2)C2CCS(=O)(=O)C2)cc1. The third kappa shape index (κ3) is 6.83. The number of hydrogen-bond acceptors (Lipinski definition) is 6. The van der Waals surface area contributed by atoms with E-state index < -0.39 is 9.84 Å². The highest BCUT2D eigenvalue weighted by Crippen LogP contribution is 2.30. The van der Waals surface area contributed by atoms with Crippen LogP contribution in [-0.4, -0.2) is 50.4 Å². The fourth-order valence-electron chi connectivity index (χ4n) is 4.11. The van der Waals surface area contributed by atoms with Gasteiger partial charge >= 0.3 is 0 Å². The van der Waals surface area contributed by atoms with Crippen LogP contribution in [0.4, 0.5) is 5.69 Å². The van der Waals surface area contributed by atoms with Gasteiger partial charge in [-0.15, -0.1) is 0 Å². The number of carbonyl (C=O) groups excluding carboxylic acids is 1. The van der Waals surface area contributed by atoms with Crippen LogP contribution in [0.3, 0.4) is 0 Å². The molecule has 4 rings (SSSR count). The summed E-state index contributed by atoms with van der Waals surface area (Å²) in [5.74, 6) is 1.92. The minimum atomic E-state index is -3.10. The zero-order valence-corrected chi connectivity index (χ0v) is 20.8. The zero-order valence-electron chi connectivity index (χ0n) is 19.9. The number of nitrogens with one attached hydrogen (secondary N) is 1. The van der Waals surface area contributed by atoms with E-state index in [9.17, 15) is 13.2 Å². The third-order valence-electron chi connectivity index (χ3n) is 6.03. The molecule has 0 aliphatic carbocycles. The van der Waals surface area contributed by atoms with Gasteiger partial charge in [-0.05, 0) is 55.3 Å². The molecule has 1 aliphatic rings. The first-order valence-corrected chi connectivity index (χ1v) is 13.3. The Morgan fingerprint density at radius 1 is 1.00 bits per heavy atom. The summed E-state index contributed by atoms with van der Waals surface area (Å²) < 4.78 is 35.5. The molecule has 1 saturated heterocycles. The molecule has 3 aromatic carbocycles. The standard InChI is InChI=1S/C27H30N2O5S/c1-20-7-11-24(12-8-20)34-26-6-4-3-5-25(26)28-27(30)18-29(22-15-16-35(31,32)19-22)17-21-9-13-23(33-2)14-10-21/h3-14,22H,15-19H2,1-2H3,(H,28,30). The number of anilines is 1. The van der Waals surface area contributed by atoms with Crippen molar-refractivity contribution in [2.75, 3.05) is 30.5 Å². The monoisotopic (exact) mass is 494 g/mol. The average molecular weight is 495 g/mol. The molecule has 0 saturated carbocycles. The Balaban J connectivity index is 1.48. The van der Waals surface area contributed by atoms with Gasteiger partial charge in [0, 0.05) is 12.6 Å². The van der Waals surface area contributed by atoms with Gasteiger partial charge in [0.15, 0.2) is 15.6 Å². The van der Waals surface area contributed by atoms with E-state index >= 15 is 0 Å². The first-order valence-electron chi connectivity index (χ1n) is 11.5.